The summed E-state index contributed by atoms with van der Waals surface area (Å²) in [6, 6.07) is 13.1. The Balaban J connectivity index is 1.76. The molecule has 0 aliphatic heterocycles. The summed E-state index contributed by atoms with van der Waals surface area (Å²) in [5, 5.41) is 5.13. The predicted octanol–water partition coefficient (Wildman–Crippen LogP) is 2.43. The molecule has 0 aliphatic carbocycles. The van der Waals surface area contributed by atoms with Crippen molar-refractivity contribution in [3.05, 3.63) is 65.5 Å². The van der Waals surface area contributed by atoms with Crippen LogP contribution in [0.2, 0.25) is 0 Å². The normalized spacial score (nSPS) is 10.1. The van der Waals surface area contributed by atoms with Crippen LogP contribution in [0.1, 0.15) is 11.1 Å². The minimum absolute atomic E-state index is 0.123. The number of halogens is 1. The molecule has 0 heterocycles. The molecule has 0 unspecified atom stereocenters. The monoisotopic (exact) mass is 300 g/mol. The Labute approximate surface area is 128 Å². The van der Waals surface area contributed by atoms with E-state index >= 15 is 0 Å². The Hall–Kier alpha value is -2.69. The van der Waals surface area contributed by atoms with Crippen molar-refractivity contribution in [1.82, 2.24) is 5.32 Å². The number of carbonyl (C=O) groups excluding carboxylic acids is 2. The Kier molecular flexibility index (Phi) is 5.25. The smallest absolute Gasteiger partial charge is 0.243 e. The summed E-state index contributed by atoms with van der Waals surface area (Å²) in [5.74, 6) is -0.952. The van der Waals surface area contributed by atoms with Gasteiger partial charge in [-0.05, 0) is 36.8 Å². The molecule has 2 N–H and O–H groups in total. The summed E-state index contributed by atoms with van der Waals surface area (Å²) < 4.78 is 12.7. The van der Waals surface area contributed by atoms with Gasteiger partial charge in [-0.2, -0.15) is 0 Å². The third-order valence-electron chi connectivity index (χ3n) is 3.06. The lowest BCUT2D eigenvalue weighted by Gasteiger charge is -2.07. The molecule has 0 atom stereocenters. The Morgan fingerprint density at radius 3 is 2.23 bits per heavy atom. The van der Waals surface area contributed by atoms with Crippen LogP contribution >= 0.6 is 0 Å². The molecule has 2 rings (SSSR count). The van der Waals surface area contributed by atoms with E-state index in [0.717, 1.165) is 11.1 Å². The molecule has 0 saturated heterocycles. The van der Waals surface area contributed by atoms with Gasteiger partial charge in [0.05, 0.1) is 13.0 Å². The maximum atomic E-state index is 12.7. The van der Waals surface area contributed by atoms with E-state index in [-0.39, 0.29) is 30.6 Å². The van der Waals surface area contributed by atoms with E-state index in [0.29, 0.717) is 5.69 Å². The van der Waals surface area contributed by atoms with Gasteiger partial charge in [0.25, 0.3) is 0 Å². The zero-order valence-electron chi connectivity index (χ0n) is 12.2. The van der Waals surface area contributed by atoms with Crippen LogP contribution in [-0.4, -0.2) is 18.4 Å². The van der Waals surface area contributed by atoms with E-state index in [1.807, 2.05) is 31.2 Å². The molecule has 0 spiro atoms. The van der Waals surface area contributed by atoms with Gasteiger partial charge in [-0.1, -0.05) is 29.8 Å². The maximum Gasteiger partial charge on any atom is 0.243 e. The van der Waals surface area contributed by atoms with Gasteiger partial charge in [-0.25, -0.2) is 4.39 Å². The van der Waals surface area contributed by atoms with E-state index < -0.39 is 0 Å². The van der Waals surface area contributed by atoms with Gasteiger partial charge in [0.1, 0.15) is 5.82 Å². The summed E-state index contributed by atoms with van der Waals surface area (Å²) in [5.41, 5.74) is 2.50. The Morgan fingerprint density at radius 2 is 1.59 bits per heavy atom. The molecular formula is C17H17FN2O2. The van der Waals surface area contributed by atoms with Crippen LogP contribution in [0.25, 0.3) is 0 Å². The summed E-state index contributed by atoms with van der Waals surface area (Å²) >= 11 is 0. The molecule has 0 saturated carbocycles. The maximum absolute atomic E-state index is 12.7. The second kappa shape index (κ2) is 7.36. The van der Waals surface area contributed by atoms with Crippen molar-refractivity contribution in [3.8, 4) is 0 Å². The highest BCUT2D eigenvalue weighted by atomic mass is 19.1. The number of aryl methyl sites for hydroxylation is 1. The van der Waals surface area contributed by atoms with Gasteiger partial charge >= 0.3 is 0 Å². The molecule has 0 fully saturated rings. The van der Waals surface area contributed by atoms with Crippen molar-refractivity contribution in [3.63, 3.8) is 0 Å². The minimum atomic E-state index is -0.371. The van der Waals surface area contributed by atoms with Gasteiger partial charge in [-0.3, -0.25) is 9.59 Å². The number of anilines is 1. The van der Waals surface area contributed by atoms with Gasteiger partial charge in [-0.15, -0.1) is 0 Å². The quantitative estimate of drug-likeness (QED) is 0.891. The third-order valence-corrected chi connectivity index (χ3v) is 3.06. The van der Waals surface area contributed by atoms with Gasteiger partial charge in [0.15, 0.2) is 0 Å². The number of rotatable bonds is 5. The van der Waals surface area contributed by atoms with E-state index in [1.54, 1.807) is 0 Å². The fourth-order valence-corrected chi connectivity index (χ4v) is 1.87. The standard InChI is InChI=1S/C17H17FN2O2/c1-12-2-4-13(5-3-12)10-16(21)19-11-17(22)20-15-8-6-14(18)7-9-15/h2-9H,10-11H2,1H3,(H,19,21)(H,20,22). The first-order valence-electron chi connectivity index (χ1n) is 6.90. The Morgan fingerprint density at radius 1 is 0.955 bits per heavy atom. The van der Waals surface area contributed by atoms with Crippen LogP contribution in [0.3, 0.4) is 0 Å². The lowest BCUT2D eigenvalue weighted by atomic mass is 10.1. The van der Waals surface area contributed by atoms with Crippen molar-refractivity contribution in [1.29, 1.82) is 0 Å². The van der Waals surface area contributed by atoms with Crippen LogP contribution in [0, 0.1) is 12.7 Å². The zero-order chi connectivity index (χ0) is 15.9. The van der Waals surface area contributed by atoms with Crippen LogP contribution in [0.15, 0.2) is 48.5 Å². The summed E-state index contributed by atoms with van der Waals surface area (Å²) in [6.07, 6.45) is 0.226. The number of carbonyl (C=O) groups is 2. The lowest BCUT2D eigenvalue weighted by Crippen LogP contribution is -2.33. The number of amides is 2. The SMILES string of the molecule is Cc1ccc(CC(=O)NCC(=O)Nc2ccc(F)cc2)cc1. The number of benzene rings is 2. The zero-order valence-corrected chi connectivity index (χ0v) is 12.2. The molecular weight excluding hydrogens is 283 g/mol. The van der Waals surface area contributed by atoms with Crippen molar-refractivity contribution < 1.29 is 14.0 Å². The van der Waals surface area contributed by atoms with Crippen molar-refractivity contribution in [2.45, 2.75) is 13.3 Å². The minimum Gasteiger partial charge on any atom is -0.347 e. The summed E-state index contributed by atoms with van der Waals surface area (Å²) in [4.78, 5) is 23.4. The molecule has 2 amide bonds. The van der Waals surface area contributed by atoms with E-state index in [2.05, 4.69) is 10.6 Å². The second-order valence-corrected chi connectivity index (χ2v) is 4.99. The van der Waals surface area contributed by atoms with E-state index in [1.165, 1.54) is 24.3 Å². The fourth-order valence-electron chi connectivity index (χ4n) is 1.87. The number of hydrogen-bond donors (Lipinski definition) is 2. The number of nitrogens with one attached hydrogen (secondary N) is 2. The fraction of sp³-hybridized carbons (Fsp3) is 0.176. The average Bonchev–Trinajstić information content (AvgIpc) is 2.50. The topological polar surface area (TPSA) is 58.2 Å². The molecule has 114 valence electrons. The molecule has 0 aromatic heterocycles. The van der Waals surface area contributed by atoms with Crippen molar-refractivity contribution in [2.75, 3.05) is 11.9 Å². The van der Waals surface area contributed by atoms with Crippen molar-refractivity contribution >= 4 is 17.5 Å². The predicted molar refractivity (Wildman–Crippen MR) is 82.9 cm³/mol. The van der Waals surface area contributed by atoms with E-state index in [9.17, 15) is 14.0 Å². The third kappa shape index (κ3) is 5.01. The molecule has 0 aliphatic rings. The molecule has 5 heteroatoms. The largest absolute Gasteiger partial charge is 0.347 e. The molecule has 0 bridgehead atoms. The van der Waals surface area contributed by atoms with Gasteiger partial charge in [0, 0.05) is 5.69 Å². The summed E-state index contributed by atoms with van der Waals surface area (Å²) in [6.45, 7) is 1.85. The molecule has 4 nitrogen and oxygen atoms in total. The van der Waals surface area contributed by atoms with Gasteiger partial charge < -0.3 is 10.6 Å². The average molecular weight is 300 g/mol. The Bertz CT molecular complexity index is 592. The highest BCUT2D eigenvalue weighted by Crippen LogP contribution is 2.07. The highest BCUT2D eigenvalue weighted by molar-refractivity contribution is 5.94. The van der Waals surface area contributed by atoms with Crippen LogP contribution in [0.5, 0.6) is 0 Å². The van der Waals surface area contributed by atoms with Crippen LogP contribution in [-0.2, 0) is 16.0 Å². The second-order valence-electron chi connectivity index (χ2n) is 4.99. The van der Waals surface area contributed by atoms with Gasteiger partial charge in [0.2, 0.25) is 11.8 Å². The molecule has 2 aromatic carbocycles. The molecule has 22 heavy (non-hydrogen) atoms. The van der Waals surface area contributed by atoms with Crippen LogP contribution in [0.4, 0.5) is 10.1 Å². The number of hydrogen-bond acceptors (Lipinski definition) is 2. The first kappa shape index (κ1) is 15.7. The lowest BCUT2D eigenvalue weighted by molar-refractivity contribution is -0.123. The molecule has 0 radical (unpaired) electrons. The van der Waals surface area contributed by atoms with Crippen LogP contribution < -0.4 is 10.6 Å². The first-order valence-corrected chi connectivity index (χ1v) is 6.90. The van der Waals surface area contributed by atoms with E-state index in [4.69, 9.17) is 0 Å². The van der Waals surface area contributed by atoms with Crippen molar-refractivity contribution in [2.24, 2.45) is 0 Å². The highest BCUT2D eigenvalue weighted by Gasteiger charge is 2.07. The summed E-state index contributed by atoms with van der Waals surface area (Å²) in [7, 11) is 0. The first-order chi connectivity index (χ1) is 10.5. The molecule has 2 aromatic rings.